The zero-order valence-corrected chi connectivity index (χ0v) is 7.96. The number of ketones is 1. The van der Waals surface area contributed by atoms with E-state index in [1.165, 1.54) is 32.1 Å². The summed E-state index contributed by atoms with van der Waals surface area (Å²) in [6, 6.07) is 0. The molecule has 2 bridgehead atoms. The van der Waals surface area contributed by atoms with E-state index in [9.17, 15) is 4.79 Å². The minimum absolute atomic E-state index is 0.123. The molecule has 0 aromatic heterocycles. The second-order valence-corrected chi connectivity index (χ2v) is 4.92. The van der Waals surface area contributed by atoms with Gasteiger partial charge >= 0.3 is 0 Å². The molecule has 1 nitrogen and oxygen atoms in total. The lowest BCUT2D eigenvalue weighted by atomic mass is 9.75. The highest BCUT2D eigenvalue weighted by Gasteiger charge is 2.54. The van der Waals surface area contributed by atoms with Crippen LogP contribution >= 0.6 is 0 Å². The van der Waals surface area contributed by atoms with Gasteiger partial charge in [0.05, 0.1) is 0 Å². The third-order valence-corrected chi connectivity index (χ3v) is 4.44. The van der Waals surface area contributed by atoms with Gasteiger partial charge in [0.2, 0.25) is 0 Å². The molecular formula is C12H16O. The SMILES string of the molecule is O=C1[C@H]2CC=C[C@H]3CCC[C@@]13CC2. The first-order valence-electron chi connectivity index (χ1n) is 5.54. The van der Waals surface area contributed by atoms with Crippen molar-refractivity contribution in [2.75, 3.05) is 0 Å². The molecule has 1 spiro atoms. The minimum Gasteiger partial charge on any atom is -0.299 e. The fourth-order valence-electron chi connectivity index (χ4n) is 3.72. The first-order valence-corrected chi connectivity index (χ1v) is 5.54. The van der Waals surface area contributed by atoms with Gasteiger partial charge in [-0.05, 0) is 38.0 Å². The van der Waals surface area contributed by atoms with Crippen LogP contribution in [0.4, 0.5) is 0 Å². The molecule has 0 aromatic carbocycles. The Bertz CT molecular complexity index is 279. The van der Waals surface area contributed by atoms with Gasteiger partial charge in [0.25, 0.3) is 0 Å². The molecule has 2 saturated carbocycles. The highest BCUT2D eigenvalue weighted by Crippen LogP contribution is 2.56. The Labute approximate surface area is 79.2 Å². The summed E-state index contributed by atoms with van der Waals surface area (Å²) in [7, 11) is 0. The summed E-state index contributed by atoms with van der Waals surface area (Å²) in [4.78, 5) is 12.2. The van der Waals surface area contributed by atoms with Crippen LogP contribution in [0.2, 0.25) is 0 Å². The lowest BCUT2D eigenvalue weighted by Crippen LogP contribution is -2.30. The van der Waals surface area contributed by atoms with Crippen molar-refractivity contribution in [1.82, 2.24) is 0 Å². The summed E-state index contributed by atoms with van der Waals surface area (Å²) < 4.78 is 0. The topological polar surface area (TPSA) is 17.1 Å². The van der Waals surface area contributed by atoms with Crippen LogP contribution < -0.4 is 0 Å². The van der Waals surface area contributed by atoms with Crippen molar-refractivity contribution < 1.29 is 4.79 Å². The normalized spacial score (nSPS) is 47.8. The zero-order valence-electron chi connectivity index (χ0n) is 7.96. The van der Waals surface area contributed by atoms with Gasteiger partial charge < -0.3 is 0 Å². The Balaban J connectivity index is 2.08. The van der Waals surface area contributed by atoms with Gasteiger partial charge in [-0.2, -0.15) is 0 Å². The number of rotatable bonds is 0. The molecule has 3 atom stereocenters. The van der Waals surface area contributed by atoms with Crippen molar-refractivity contribution in [3.63, 3.8) is 0 Å². The standard InChI is InChI=1S/C12H16O/c13-11-9-3-1-4-10-5-2-7-12(10,11)8-6-9/h1,4,9-10H,2-3,5-8H2/t9-,10-,12-/m0/s1. The summed E-state index contributed by atoms with van der Waals surface area (Å²) in [5.74, 6) is 1.60. The summed E-state index contributed by atoms with van der Waals surface area (Å²) in [5.41, 5.74) is 0.123. The van der Waals surface area contributed by atoms with E-state index in [1.807, 2.05) is 0 Å². The Morgan fingerprint density at radius 2 is 2.23 bits per heavy atom. The Morgan fingerprint density at radius 1 is 1.31 bits per heavy atom. The number of Topliss-reactive ketones (excluding diaryl/α,β-unsaturated/α-hetero) is 1. The van der Waals surface area contributed by atoms with Gasteiger partial charge in [-0.25, -0.2) is 0 Å². The highest BCUT2D eigenvalue weighted by molar-refractivity contribution is 5.90. The predicted octanol–water partition coefficient (Wildman–Crippen LogP) is 2.71. The van der Waals surface area contributed by atoms with Crippen molar-refractivity contribution in [3.05, 3.63) is 12.2 Å². The number of carbonyl (C=O) groups excluding carboxylic acids is 1. The van der Waals surface area contributed by atoms with E-state index in [1.54, 1.807) is 0 Å². The molecule has 0 saturated heterocycles. The monoisotopic (exact) mass is 176 g/mol. The van der Waals surface area contributed by atoms with E-state index in [-0.39, 0.29) is 5.41 Å². The average molecular weight is 176 g/mol. The molecule has 0 aromatic rings. The number of hydrogen-bond acceptors (Lipinski definition) is 1. The first-order chi connectivity index (χ1) is 6.33. The van der Waals surface area contributed by atoms with Gasteiger partial charge in [-0.1, -0.05) is 18.6 Å². The van der Waals surface area contributed by atoms with Crippen molar-refractivity contribution in [1.29, 1.82) is 0 Å². The van der Waals surface area contributed by atoms with Crippen LogP contribution in [-0.2, 0) is 4.79 Å². The van der Waals surface area contributed by atoms with E-state index in [4.69, 9.17) is 0 Å². The van der Waals surface area contributed by atoms with Crippen LogP contribution in [0.5, 0.6) is 0 Å². The van der Waals surface area contributed by atoms with E-state index in [2.05, 4.69) is 12.2 Å². The maximum Gasteiger partial charge on any atom is 0.142 e. The lowest BCUT2D eigenvalue weighted by molar-refractivity contribution is -0.129. The van der Waals surface area contributed by atoms with Crippen LogP contribution in [0, 0.1) is 17.3 Å². The van der Waals surface area contributed by atoms with Crippen molar-refractivity contribution in [3.8, 4) is 0 Å². The molecule has 2 fully saturated rings. The van der Waals surface area contributed by atoms with Gasteiger partial charge in [-0.3, -0.25) is 4.79 Å². The lowest BCUT2D eigenvalue weighted by Gasteiger charge is -2.26. The molecule has 3 rings (SSSR count). The summed E-state index contributed by atoms with van der Waals surface area (Å²) in [5, 5.41) is 0. The fourth-order valence-corrected chi connectivity index (χ4v) is 3.72. The molecule has 0 heterocycles. The second-order valence-electron chi connectivity index (χ2n) is 4.92. The molecule has 3 aliphatic rings. The number of carbonyl (C=O) groups is 1. The van der Waals surface area contributed by atoms with E-state index in [0.717, 1.165) is 6.42 Å². The Morgan fingerprint density at radius 3 is 3.15 bits per heavy atom. The molecule has 1 heteroatoms. The van der Waals surface area contributed by atoms with E-state index >= 15 is 0 Å². The number of fused-ring (bicyclic) bond motifs is 1. The average Bonchev–Trinajstić information content (AvgIpc) is 2.59. The minimum atomic E-state index is 0.123. The molecular weight excluding hydrogens is 160 g/mol. The largest absolute Gasteiger partial charge is 0.299 e. The van der Waals surface area contributed by atoms with Crippen molar-refractivity contribution in [2.24, 2.45) is 17.3 Å². The van der Waals surface area contributed by atoms with Gasteiger partial charge in [-0.15, -0.1) is 0 Å². The second kappa shape index (κ2) is 2.46. The number of hydrogen-bond donors (Lipinski definition) is 0. The van der Waals surface area contributed by atoms with Crippen LogP contribution in [0.1, 0.15) is 38.5 Å². The Hall–Kier alpha value is -0.590. The highest BCUT2D eigenvalue weighted by atomic mass is 16.1. The zero-order chi connectivity index (χ0) is 8.89. The first kappa shape index (κ1) is 7.78. The quantitative estimate of drug-likeness (QED) is 0.519. The molecule has 0 N–H and O–H groups in total. The summed E-state index contributed by atoms with van der Waals surface area (Å²) in [6.07, 6.45) is 11.7. The van der Waals surface area contributed by atoms with Crippen molar-refractivity contribution >= 4 is 5.78 Å². The fraction of sp³-hybridized carbons (Fsp3) is 0.750. The molecule has 0 amide bonds. The summed E-state index contributed by atoms with van der Waals surface area (Å²) >= 11 is 0. The Kier molecular flexibility index (Phi) is 1.47. The molecule has 13 heavy (non-hydrogen) atoms. The smallest absolute Gasteiger partial charge is 0.142 e. The molecule has 0 unspecified atom stereocenters. The van der Waals surface area contributed by atoms with Crippen LogP contribution in [0.25, 0.3) is 0 Å². The molecule has 70 valence electrons. The van der Waals surface area contributed by atoms with Crippen LogP contribution in [0.3, 0.4) is 0 Å². The van der Waals surface area contributed by atoms with Crippen LogP contribution in [-0.4, -0.2) is 5.78 Å². The molecule has 0 aliphatic heterocycles. The van der Waals surface area contributed by atoms with Gasteiger partial charge in [0, 0.05) is 11.3 Å². The summed E-state index contributed by atoms with van der Waals surface area (Å²) in [6.45, 7) is 0. The van der Waals surface area contributed by atoms with Crippen LogP contribution in [0.15, 0.2) is 12.2 Å². The predicted molar refractivity (Wildman–Crippen MR) is 51.3 cm³/mol. The molecule has 3 aliphatic carbocycles. The maximum absolute atomic E-state index is 12.2. The van der Waals surface area contributed by atoms with Gasteiger partial charge in [0.1, 0.15) is 5.78 Å². The van der Waals surface area contributed by atoms with Gasteiger partial charge in [0.15, 0.2) is 0 Å². The maximum atomic E-state index is 12.2. The molecule has 0 radical (unpaired) electrons. The third-order valence-electron chi connectivity index (χ3n) is 4.44. The van der Waals surface area contributed by atoms with E-state index < -0.39 is 0 Å². The van der Waals surface area contributed by atoms with E-state index in [0.29, 0.717) is 17.6 Å². The van der Waals surface area contributed by atoms with Crippen molar-refractivity contribution in [2.45, 2.75) is 38.5 Å². The third kappa shape index (κ3) is 0.853. The number of allylic oxidation sites excluding steroid dienone is 2.